The van der Waals surface area contributed by atoms with Gasteiger partial charge in [0.15, 0.2) is 0 Å². The lowest BCUT2D eigenvalue weighted by molar-refractivity contribution is -0.138. The zero-order valence-electron chi connectivity index (χ0n) is 20.5. The zero-order chi connectivity index (χ0) is 28.0. The van der Waals surface area contributed by atoms with Crippen molar-refractivity contribution < 1.29 is 41.4 Å². The molecule has 3 aromatic rings. The van der Waals surface area contributed by atoms with Crippen LogP contribution in [0.1, 0.15) is 41.6 Å². The number of halogens is 5. The molecule has 6 nitrogen and oxygen atoms in total. The molecule has 0 aliphatic heterocycles. The van der Waals surface area contributed by atoms with Crippen molar-refractivity contribution >= 4 is 12.0 Å². The second-order valence-corrected chi connectivity index (χ2v) is 8.47. The van der Waals surface area contributed by atoms with Crippen molar-refractivity contribution in [3.63, 3.8) is 0 Å². The molecule has 1 atom stereocenters. The van der Waals surface area contributed by atoms with Gasteiger partial charge in [-0.25, -0.2) is 13.6 Å². The number of aliphatic carboxylic acids is 1. The van der Waals surface area contributed by atoms with Crippen LogP contribution in [0.3, 0.4) is 0 Å². The van der Waals surface area contributed by atoms with Gasteiger partial charge in [-0.2, -0.15) is 13.2 Å². The van der Waals surface area contributed by atoms with Crippen molar-refractivity contribution in [1.29, 1.82) is 0 Å². The van der Waals surface area contributed by atoms with Gasteiger partial charge in [0.05, 0.1) is 25.1 Å². The van der Waals surface area contributed by atoms with Crippen molar-refractivity contribution in [2.75, 3.05) is 7.11 Å². The molecule has 0 aromatic heterocycles. The first-order valence-electron chi connectivity index (χ1n) is 11.5. The Balaban J connectivity index is 1.99. The Labute approximate surface area is 215 Å². The fourth-order valence-electron chi connectivity index (χ4n) is 4.03. The number of carbonyl (C=O) groups is 2. The minimum absolute atomic E-state index is 0.125. The van der Waals surface area contributed by atoms with E-state index in [9.17, 15) is 36.6 Å². The van der Waals surface area contributed by atoms with Gasteiger partial charge >= 0.3 is 18.2 Å². The molecule has 0 heterocycles. The number of alkyl halides is 3. The second-order valence-electron chi connectivity index (χ2n) is 8.47. The average Bonchev–Trinajstić information content (AvgIpc) is 2.84. The van der Waals surface area contributed by atoms with Crippen LogP contribution in [-0.2, 0) is 23.9 Å². The molecule has 3 aromatic carbocycles. The summed E-state index contributed by atoms with van der Waals surface area (Å²) in [6.45, 7) is 1.44. The smallest absolute Gasteiger partial charge is 0.416 e. The maximum atomic E-state index is 13.6. The maximum Gasteiger partial charge on any atom is 0.416 e. The number of hydrogen-bond acceptors (Lipinski definition) is 3. The Morgan fingerprint density at radius 3 is 2.21 bits per heavy atom. The molecule has 0 saturated carbocycles. The fourth-order valence-corrected chi connectivity index (χ4v) is 4.03. The third kappa shape index (κ3) is 7.21. The Kier molecular flexibility index (Phi) is 8.92. The van der Waals surface area contributed by atoms with Crippen LogP contribution in [-0.4, -0.2) is 24.2 Å². The molecule has 0 fully saturated rings. The molecule has 0 saturated heterocycles. The first kappa shape index (κ1) is 28.4. The molecule has 2 amide bonds. The molecule has 0 radical (unpaired) electrons. The number of rotatable bonds is 9. The van der Waals surface area contributed by atoms with E-state index in [4.69, 9.17) is 4.74 Å². The van der Waals surface area contributed by atoms with E-state index in [-0.39, 0.29) is 30.5 Å². The van der Waals surface area contributed by atoms with Gasteiger partial charge in [0.2, 0.25) is 0 Å². The number of carboxylic acids is 1. The summed E-state index contributed by atoms with van der Waals surface area (Å²) in [5.41, 5.74) is 0.408. The average molecular weight is 536 g/mol. The molecule has 11 heteroatoms. The lowest BCUT2D eigenvalue weighted by atomic mass is 9.90. The summed E-state index contributed by atoms with van der Waals surface area (Å²) in [5.74, 6) is -2.42. The van der Waals surface area contributed by atoms with E-state index in [1.54, 1.807) is 13.0 Å². The van der Waals surface area contributed by atoms with E-state index in [2.05, 4.69) is 10.6 Å². The highest BCUT2D eigenvalue weighted by molar-refractivity contribution is 5.79. The van der Waals surface area contributed by atoms with Gasteiger partial charge in [-0.1, -0.05) is 19.1 Å². The van der Waals surface area contributed by atoms with Crippen LogP contribution >= 0.6 is 0 Å². The Morgan fingerprint density at radius 2 is 1.63 bits per heavy atom. The summed E-state index contributed by atoms with van der Waals surface area (Å²) in [4.78, 5) is 23.9. The lowest BCUT2D eigenvalue weighted by Crippen LogP contribution is -2.37. The number of carbonyl (C=O) groups excluding carboxylic acids is 1. The topological polar surface area (TPSA) is 87.7 Å². The summed E-state index contributed by atoms with van der Waals surface area (Å²) in [6, 6.07) is 8.74. The molecule has 0 bridgehead atoms. The van der Waals surface area contributed by atoms with E-state index in [1.807, 2.05) is 0 Å². The molecular weight excluding hydrogens is 511 g/mol. The number of amides is 2. The summed E-state index contributed by atoms with van der Waals surface area (Å²) in [6.07, 6.45) is -4.79. The Bertz CT molecular complexity index is 1310. The van der Waals surface area contributed by atoms with Gasteiger partial charge in [-0.05, 0) is 65.1 Å². The van der Waals surface area contributed by atoms with Crippen LogP contribution in [0, 0.1) is 11.6 Å². The van der Waals surface area contributed by atoms with Crippen molar-refractivity contribution in [2.45, 2.75) is 38.5 Å². The molecule has 0 aliphatic rings. The molecule has 3 rings (SSSR count). The fraction of sp³-hybridized carbons (Fsp3) is 0.259. The van der Waals surface area contributed by atoms with Gasteiger partial charge in [0, 0.05) is 18.2 Å². The normalized spacial score (nSPS) is 12.1. The van der Waals surface area contributed by atoms with Gasteiger partial charge in [0.25, 0.3) is 0 Å². The van der Waals surface area contributed by atoms with Gasteiger partial charge < -0.3 is 20.5 Å². The largest absolute Gasteiger partial charge is 0.496 e. The number of ether oxygens (including phenoxy) is 1. The van der Waals surface area contributed by atoms with Crippen LogP contribution in [0.5, 0.6) is 5.75 Å². The SMILES string of the molecule is CCC(NC(=O)NCc1cc(F)cc(F)c1)c1cc(C(F)(F)F)ccc1-c1cc(CC(=O)O)ccc1OC. The monoisotopic (exact) mass is 536 g/mol. The molecule has 38 heavy (non-hydrogen) atoms. The van der Waals surface area contributed by atoms with Crippen LogP contribution in [0.15, 0.2) is 54.6 Å². The number of methoxy groups -OCH3 is 1. The highest BCUT2D eigenvalue weighted by Crippen LogP contribution is 2.40. The van der Waals surface area contributed by atoms with E-state index < -0.39 is 41.4 Å². The standard InChI is InChI=1S/C27H25F5N2O4/c1-3-23(34-26(37)33-14-16-8-18(28)13-19(29)9-16)21-12-17(27(30,31)32)5-6-20(21)22-10-15(11-25(35)36)4-7-24(22)38-2/h4-10,12-13,23H,3,11,14H2,1-2H3,(H,35,36)(H2,33,34,37). The van der Waals surface area contributed by atoms with E-state index in [0.29, 0.717) is 28.5 Å². The second kappa shape index (κ2) is 11.9. The van der Waals surface area contributed by atoms with Crippen molar-refractivity contribution in [2.24, 2.45) is 0 Å². The summed E-state index contributed by atoms with van der Waals surface area (Å²) < 4.78 is 73.1. The zero-order valence-corrected chi connectivity index (χ0v) is 20.5. The van der Waals surface area contributed by atoms with Crippen LogP contribution in [0.25, 0.3) is 11.1 Å². The highest BCUT2D eigenvalue weighted by atomic mass is 19.4. The molecular formula is C27H25F5N2O4. The first-order chi connectivity index (χ1) is 17.9. The molecule has 0 aliphatic carbocycles. The molecule has 1 unspecified atom stereocenters. The van der Waals surface area contributed by atoms with Crippen LogP contribution in [0.2, 0.25) is 0 Å². The van der Waals surface area contributed by atoms with Crippen LogP contribution < -0.4 is 15.4 Å². The van der Waals surface area contributed by atoms with E-state index >= 15 is 0 Å². The number of carboxylic acid groups (broad SMARTS) is 1. The van der Waals surface area contributed by atoms with Gasteiger partial charge in [-0.15, -0.1) is 0 Å². The molecule has 0 spiro atoms. The summed E-state index contributed by atoms with van der Waals surface area (Å²) in [5, 5.41) is 14.2. The maximum absolute atomic E-state index is 13.6. The quantitative estimate of drug-likeness (QED) is 0.283. The predicted octanol–water partition coefficient (Wildman–Crippen LogP) is 6.24. The lowest BCUT2D eigenvalue weighted by Gasteiger charge is -2.24. The predicted molar refractivity (Wildman–Crippen MR) is 130 cm³/mol. The van der Waals surface area contributed by atoms with Crippen molar-refractivity contribution in [3.8, 4) is 16.9 Å². The number of urea groups is 1. The Morgan fingerprint density at radius 1 is 0.947 bits per heavy atom. The van der Waals surface area contributed by atoms with Gasteiger partial charge in [0.1, 0.15) is 17.4 Å². The minimum atomic E-state index is -4.66. The Hall–Kier alpha value is -4.15. The molecule has 3 N–H and O–H groups in total. The van der Waals surface area contributed by atoms with E-state index in [0.717, 1.165) is 24.3 Å². The highest BCUT2D eigenvalue weighted by Gasteiger charge is 2.32. The third-order valence-electron chi connectivity index (χ3n) is 5.75. The third-order valence-corrected chi connectivity index (χ3v) is 5.75. The van der Waals surface area contributed by atoms with Gasteiger partial charge in [-0.3, -0.25) is 4.79 Å². The van der Waals surface area contributed by atoms with E-state index in [1.165, 1.54) is 25.3 Å². The number of benzene rings is 3. The van der Waals surface area contributed by atoms with Crippen molar-refractivity contribution in [1.82, 2.24) is 10.6 Å². The summed E-state index contributed by atoms with van der Waals surface area (Å²) >= 11 is 0. The number of hydrogen-bond donors (Lipinski definition) is 3. The summed E-state index contributed by atoms with van der Waals surface area (Å²) in [7, 11) is 1.37. The van der Waals surface area contributed by atoms with Crippen molar-refractivity contribution in [3.05, 3.63) is 88.5 Å². The number of nitrogens with one attached hydrogen (secondary N) is 2. The minimum Gasteiger partial charge on any atom is -0.496 e. The first-order valence-corrected chi connectivity index (χ1v) is 11.5. The molecule has 202 valence electrons. The van der Waals surface area contributed by atoms with Crippen LogP contribution in [0.4, 0.5) is 26.7 Å².